The first kappa shape index (κ1) is 35.5. The molecular weight excluding hydrogens is 592 g/mol. The van der Waals surface area contributed by atoms with Crippen molar-refractivity contribution in [1.29, 1.82) is 0 Å². The second-order valence-corrected chi connectivity index (χ2v) is 13.6. The molecule has 3 amide bonds. The average molecular weight is 647 g/mol. The van der Waals surface area contributed by atoms with Gasteiger partial charge in [0.1, 0.15) is 17.3 Å². The van der Waals surface area contributed by atoms with Gasteiger partial charge in [-0.05, 0) is 94.5 Å². The van der Waals surface area contributed by atoms with Gasteiger partial charge in [-0.1, -0.05) is 45.4 Å². The molecule has 2 saturated carbocycles. The van der Waals surface area contributed by atoms with Crippen molar-refractivity contribution in [1.82, 2.24) is 20.4 Å². The van der Waals surface area contributed by atoms with E-state index in [9.17, 15) is 19.5 Å². The highest BCUT2D eigenvalue weighted by molar-refractivity contribution is 6.00. The van der Waals surface area contributed by atoms with Gasteiger partial charge in [-0.2, -0.15) is 0 Å². The fraction of sp³-hybridized carbons (Fsp3) is 0.743. The van der Waals surface area contributed by atoms with Gasteiger partial charge in [0.2, 0.25) is 11.8 Å². The van der Waals surface area contributed by atoms with Gasteiger partial charge in [-0.15, -0.1) is 12.4 Å². The van der Waals surface area contributed by atoms with E-state index in [0.717, 1.165) is 89.6 Å². The zero-order valence-corrected chi connectivity index (χ0v) is 28.0. The molecule has 0 unspecified atom stereocenters. The molecule has 4 fully saturated rings. The largest absolute Gasteiger partial charge is 0.494 e. The van der Waals surface area contributed by atoms with Crippen LogP contribution in [0, 0.1) is 5.92 Å². The maximum Gasteiger partial charge on any atom is 0.251 e. The van der Waals surface area contributed by atoms with Crippen molar-refractivity contribution in [2.45, 2.75) is 127 Å². The Kier molecular flexibility index (Phi) is 13.4. The van der Waals surface area contributed by atoms with Crippen molar-refractivity contribution >= 4 is 30.1 Å². The summed E-state index contributed by atoms with van der Waals surface area (Å²) in [6.45, 7) is 5.74. The van der Waals surface area contributed by atoms with Crippen LogP contribution in [0.2, 0.25) is 0 Å². The van der Waals surface area contributed by atoms with Gasteiger partial charge in [0.05, 0.1) is 12.7 Å². The van der Waals surface area contributed by atoms with Crippen LogP contribution in [0.4, 0.5) is 0 Å². The molecule has 2 atom stereocenters. The zero-order valence-electron chi connectivity index (χ0n) is 27.1. The maximum atomic E-state index is 13.8. The summed E-state index contributed by atoms with van der Waals surface area (Å²) >= 11 is 0. The van der Waals surface area contributed by atoms with E-state index in [1.54, 1.807) is 0 Å². The van der Waals surface area contributed by atoms with Crippen LogP contribution >= 0.6 is 12.4 Å². The topological polar surface area (TPSA) is 111 Å². The fourth-order valence-corrected chi connectivity index (χ4v) is 7.77. The Labute approximate surface area is 275 Å². The van der Waals surface area contributed by atoms with Crippen molar-refractivity contribution in [2.24, 2.45) is 5.92 Å². The first-order valence-corrected chi connectivity index (χ1v) is 17.5. The number of hydrogen-bond acceptors (Lipinski definition) is 6. The Bertz CT molecular complexity index is 1100. The van der Waals surface area contributed by atoms with Gasteiger partial charge in [0.15, 0.2) is 0 Å². The molecule has 3 N–H and O–H groups in total. The highest BCUT2D eigenvalue weighted by atomic mass is 35.5. The number of benzene rings is 1. The molecule has 2 saturated heterocycles. The molecule has 0 radical (unpaired) electrons. The minimum absolute atomic E-state index is 0. The first-order valence-electron chi connectivity index (χ1n) is 17.5. The lowest BCUT2D eigenvalue weighted by atomic mass is 9.78. The van der Waals surface area contributed by atoms with E-state index in [4.69, 9.17) is 4.74 Å². The quantitative estimate of drug-likeness (QED) is 0.265. The molecular formula is C35H55ClN4O5. The van der Waals surface area contributed by atoms with E-state index in [2.05, 4.69) is 22.5 Å². The predicted octanol–water partition coefficient (Wildman–Crippen LogP) is 4.84. The summed E-state index contributed by atoms with van der Waals surface area (Å²) in [6.07, 6.45) is 13.8. The molecule has 0 bridgehead atoms. The zero-order chi connectivity index (χ0) is 30.9. The number of nitrogens with one attached hydrogen (secondary N) is 2. The Balaban J connectivity index is 0.00000461. The van der Waals surface area contributed by atoms with Gasteiger partial charge in [0, 0.05) is 31.2 Å². The number of halogens is 1. The van der Waals surface area contributed by atoms with Crippen molar-refractivity contribution in [3.05, 3.63) is 29.8 Å². The lowest BCUT2D eigenvalue weighted by molar-refractivity contribution is -0.165. The molecule has 0 aromatic heterocycles. The monoisotopic (exact) mass is 646 g/mol. The Morgan fingerprint density at radius 1 is 0.978 bits per heavy atom. The maximum absolute atomic E-state index is 13.8. The van der Waals surface area contributed by atoms with E-state index in [-0.39, 0.29) is 36.0 Å². The first-order chi connectivity index (χ1) is 21.4. The second-order valence-electron chi connectivity index (χ2n) is 13.6. The van der Waals surface area contributed by atoms with Crippen LogP contribution in [0.3, 0.4) is 0 Å². The van der Waals surface area contributed by atoms with Crippen LogP contribution < -0.4 is 15.4 Å². The lowest BCUT2D eigenvalue weighted by Crippen LogP contribution is -2.75. The highest BCUT2D eigenvalue weighted by Crippen LogP contribution is 2.36. The van der Waals surface area contributed by atoms with Gasteiger partial charge in [0.25, 0.3) is 5.91 Å². The van der Waals surface area contributed by atoms with E-state index in [1.165, 1.54) is 19.3 Å². The normalized spacial score (nSPS) is 23.4. The van der Waals surface area contributed by atoms with Crippen molar-refractivity contribution in [3.63, 3.8) is 0 Å². The minimum atomic E-state index is -0.823. The third kappa shape index (κ3) is 8.72. The summed E-state index contributed by atoms with van der Waals surface area (Å²) in [7, 11) is 0. The van der Waals surface area contributed by atoms with Crippen molar-refractivity contribution in [3.8, 4) is 5.75 Å². The Morgan fingerprint density at radius 3 is 2.31 bits per heavy atom. The predicted molar refractivity (Wildman–Crippen MR) is 178 cm³/mol. The van der Waals surface area contributed by atoms with Crippen LogP contribution in [0.5, 0.6) is 5.75 Å². The van der Waals surface area contributed by atoms with Gasteiger partial charge in [-0.25, -0.2) is 0 Å². The number of amides is 3. The minimum Gasteiger partial charge on any atom is -0.494 e. The molecule has 2 heterocycles. The number of hydrogen-bond donors (Lipinski definition) is 3. The summed E-state index contributed by atoms with van der Waals surface area (Å²) in [5.41, 5.74) is -0.140. The number of ether oxygens (including phenoxy) is 1. The number of unbranched alkanes of at least 4 members (excludes halogenated alkanes) is 2. The van der Waals surface area contributed by atoms with Crippen LogP contribution in [0.15, 0.2) is 24.3 Å². The number of carbonyl (C=O) groups excluding carboxylic acids is 3. The smallest absolute Gasteiger partial charge is 0.251 e. The van der Waals surface area contributed by atoms with Gasteiger partial charge in [-0.3, -0.25) is 14.4 Å². The molecule has 9 nitrogen and oxygen atoms in total. The van der Waals surface area contributed by atoms with E-state index < -0.39 is 17.7 Å². The number of piperidine rings is 1. The molecule has 1 spiro atoms. The number of aliphatic hydroxyl groups excluding tert-OH is 1. The molecule has 4 aliphatic rings. The number of likely N-dealkylation sites (tertiary alicyclic amines) is 1. The molecule has 2 aliphatic heterocycles. The van der Waals surface area contributed by atoms with Crippen LogP contribution in [0.25, 0.3) is 0 Å². The summed E-state index contributed by atoms with van der Waals surface area (Å²) in [5, 5.41) is 17.3. The Morgan fingerprint density at radius 2 is 1.64 bits per heavy atom. The standard InChI is InChI=1S/C35H54N4O5.ClH/c1-2-3-22-39-33(42)30(31(40)26-11-5-4-6-12-26)37-34(43)35(39)19-23-38(24-20-35)21-9-10-25-44-29-17-15-27(16-18-29)32(41)36-28-13-7-8-14-28;/h15-18,26,28,30-31,40H,2-14,19-25H2,1H3,(H,36,41)(H,37,43);1H/t30-,31-;/m1./s1. The van der Waals surface area contributed by atoms with Gasteiger partial charge < -0.3 is 30.3 Å². The van der Waals surface area contributed by atoms with E-state index >= 15 is 0 Å². The number of aliphatic hydroxyl groups is 1. The third-order valence-corrected chi connectivity index (χ3v) is 10.6. The number of carbonyl (C=O) groups is 3. The lowest BCUT2D eigenvalue weighted by Gasteiger charge is -2.52. The molecule has 45 heavy (non-hydrogen) atoms. The summed E-state index contributed by atoms with van der Waals surface area (Å²) < 4.78 is 5.94. The molecule has 2 aliphatic carbocycles. The summed E-state index contributed by atoms with van der Waals surface area (Å²) in [6, 6.07) is 6.89. The Hall–Kier alpha value is -2.36. The molecule has 1 aromatic rings. The van der Waals surface area contributed by atoms with E-state index in [1.807, 2.05) is 29.2 Å². The molecule has 10 heteroatoms. The molecule has 252 valence electrons. The number of piperazine rings is 1. The third-order valence-electron chi connectivity index (χ3n) is 10.6. The van der Waals surface area contributed by atoms with Gasteiger partial charge >= 0.3 is 0 Å². The molecule has 1 aromatic carbocycles. The van der Waals surface area contributed by atoms with Crippen molar-refractivity contribution < 1.29 is 24.2 Å². The van der Waals surface area contributed by atoms with E-state index in [0.29, 0.717) is 37.6 Å². The highest BCUT2D eigenvalue weighted by Gasteiger charge is 2.55. The van der Waals surface area contributed by atoms with Crippen molar-refractivity contribution in [2.75, 3.05) is 32.8 Å². The summed E-state index contributed by atoms with van der Waals surface area (Å²) in [5.74, 6) is 0.673. The van der Waals surface area contributed by atoms with Crippen LogP contribution in [0.1, 0.15) is 114 Å². The number of nitrogens with zero attached hydrogens (tertiary/aromatic N) is 2. The number of rotatable bonds is 13. The van der Waals surface area contributed by atoms with Crippen LogP contribution in [-0.2, 0) is 9.59 Å². The summed E-state index contributed by atoms with van der Waals surface area (Å²) in [4.78, 5) is 44.2. The fourth-order valence-electron chi connectivity index (χ4n) is 7.77. The molecule has 5 rings (SSSR count). The average Bonchev–Trinajstić information content (AvgIpc) is 3.57. The van der Waals surface area contributed by atoms with Crippen LogP contribution in [-0.4, -0.2) is 89.1 Å². The second kappa shape index (κ2) is 17.0. The SMILES string of the molecule is CCCCN1C(=O)[C@@H]([C@H](O)C2CCCCC2)NC(=O)C12CCN(CCCCOc1ccc(C(=O)NC3CCCC3)cc1)CC2.Cl.